The molecule has 2 aliphatic heterocycles. The first-order valence-electron chi connectivity index (χ1n) is 10.7. The summed E-state index contributed by atoms with van der Waals surface area (Å²) in [4.78, 5) is 35.8. The standard InChI is InChI=1S/C22H29FN6O2/c1-16(2)11-28-13-21(31)29(19-10-25-26(3)12-19)15-22(28)6-7-27(14-22)20(30)8-18-5-4-17(23)9-24-18/h4-5,9-10,12,16H,6-8,11,13-15H2,1-3H3/t22-/m0/s1. The highest BCUT2D eigenvalue weighted by atomic mass is 19.1. The van der Waals surface area contributed by atoms with E-state index in [0.29, 0.717) is 37.8 Å². The lowest BCUT2D eigenvalue weighted by atomic mass is 9.91. The van der Waals surface area contributed by atoms with Gasteiger partial charge in [-0.25, -0.2) is 4.39 Å². The van der Waals surface area contributed by atoms with Gasteiger partial charge in [0.2, 0.25) is 11.8 Å². The molecule has 2 saturated heterocycles. The number of pyridine rings is 1. The lowest BCUT2D eigenvalue weighted by Gasteiger charge is -2.48. The van der Waals surface area contributed by atoms with Crippen LogP contribution >= 0.6 is 0 Å². The van der Waals surface area contributed by atoms with Crippen LogP contribution in [0, 0.1) is 11.7 Å². The molecular formula is C22H29FN6O2. The lowest BCUT2D eigenvalue weighted by molar-refractivity contribution is -0.130. The number of aryl methyl sites for hydroxylation is 1. The number of carbonyl (C=O) groups excluding carboxylic acids is 2. The number of piperazine rings is 1. The van der Waals surface area contributed by atoms with E-state index in [0.717, 1.165) is 24.8 Å². The van der Waals surface area contributed by atoms with Crippen LogP contribution in [0.4, 0.5) is 10.1 Å². The Morgan fingerprint density at radius 3 is 2.71 bits per heavy atom. The van der Waals surface area contributed by atoms with Crippen LogP contribution in [-0.4, -0.2) is 74.6 Å². The molecule has 2 aliphatic rings. The Bertz CT molecular complexity index is 959. The van der Waals surface area contributed by atoms with Gasteiger partial charge in [-0.15, -0.1) is 0 Å². The minimum absolute atomic E-state index is 0.0229. The Hall–Kier alpha value is -2.81. The van der Waals surface area contributed by atoms with E-state index in [2.05, 4.69) is 28.8 Å². The highest BCUT2D eigenvalue weighted by molar-refractivity contribution is 5.95. The van der Waals surface area contributed by atoms with E-state index in [4.69, 9.17) is 0 Å². The molecule has 2 aromatic heterocycles. The second-order valence-electron chi connectivity index (χ2n) is 9.06. The van der Waals surface area contributed by atoms with Crippen molar-refractivity contribution in [2.24, 2.45) is 13.0 Å². The van der Waals surface area contributed by atoms with Gasteiger partial charge >= 0.3 is 0 Å². The predicted octanol–water partition coefficient (Wildman–Crippen LogP) is 1.47. The smallest absolute Gasteiger partial charge is 0.241 e. The molecule has 0 saturated carbocycles. The first-order valence-corrected chi connectivity index (χ1v) is 10.7. The topological polar surface area (TPSA) is 74.6 Å². The number of anilines is 1. The molecule has 0 unspecified atom stereocenters. The van der Waals surface area contributed by atoms with Crippen LogP contribution in [0.5, 0.6) is 0 Å². The summed E-state index contributed by atoms with van der Waals surface area (Å²) in [6.07, 6.45) is 5.64. The molecule has 1 atom stereocenters. The van der Waals surface area contributed by atoms with Gasteiger partial charge in [0.15, 0.2) is 0 Å². The number of carbonyl (C=O) groups is 2. The van der Waals surface area contributed by atoms with Crippen molar-refractivity contribution < 1.29 is 14.0 Å². The van der Waals surface area contributed by atoms with Gasteiger partial charge in [-0.2, -0.15) is 5.10 Å². The zero-order chi connectivity index (χ0) is 22.2. The van der Waals surface area contributed by atoms with Crippen LogP contribution in [-0.2, 0) is 23.1 Å². The number of aromatic nitrogens is 3. The monoisotopic (exact) mass is 428 g/mol. The van der Waals surface area contributed by atoms with Crippen molar-refractivity contribution in [3.05, 3.63) is 42.2 Å². The van der Waals surface area contributed by atoms with Gasteiger partial charge in [0.25, 0.3) is 0 Å². The van der Waals surface area contributed by atoms with E-state index in [9.17, 15) is 14.0 Å². The number of halogens is 1. The summed E-state index contributed by atoms with van der Waals surface area (Å²) in [5, 5.41) is 4.22. The van der Waals surface area contributed by atoms with E-state index >= 15 is 0 Å². The summed E-state index contributed by atoms with van der Waals surface area (Å²) >= 11 is 0. The molecule has 2 fully saturated rings. The quantitative estimate of drug-likeness (QED) is 0.721. The summed E-state index contributed by atoms with van der Waals surface area (Å²) in [7, 11) is 1.83. The fourth-order valence-corrected chi connectivity index (χ4v) is 4.62. The summed E-state index contributed by atoms with van der Waals surface area (Å²) in [5.74, 6) is 0.0238. The zero-order valence-electron chi connectivity index (χ0n) is 18.3. The Labute approximate surface area is 181 Å². The van der Waals surface area contributed by atoms with Crippen molar-refractivity contribution in [3.63, 3.8) is 0 Å². The SMILES string of the molecule is CC(C)CN1CC(=O)N(c2cnn(C)c2)C[C@@]12CCN(C(=O)Cc1ccc(F)cn1)C2. The molecule has 4 rings (SSSR count). The molecule has 166 valence electrons. The van der Waals surface area contributed by atoms with E-state index in [1.165, 1.54) is 6.07 Å². The molecule has 31 heavy (non-hydrogen) atoms. The van der Waals surface area contributed by atoms with Crippen LogP contribution in [0.3, 0.4) is 0 Å². The van der Waals surface area contributed by atoms with Gasteiger partial charge < -0.3 is 9.80 Å². The van der Waals surface area contributed by atoms with Crippen LogP contribution in [0.2, 0.25) is 0 Å². The number of amides is 2. The summed E-state index contributed by atoms with van der Waals surface area (Å²) in [5.41, 5.74) is 1.05. The first-order chi connectivity index (χ1) is 14.8. The van der Waals surface area contributed by atoms with Gasteiger partial charge in [0.1, 0.15) is 5.82 Å². The van der Waals surface area contributed by atoms with Crippen molar-refractivity contribution in [2.75, 3.05) is 37.6 Å². The van der Waals surface area contributed by atoms with Crippen molar-refractivity contribution in [1.29, 1.82) is 0 Å². The van der Waals surface area contributed by atoms with E-state index < -0.39 is 5.82 Å². The second kappa shape index (κ2) is 8.37. The largest absolute Gasteiger partial charge is 0.340 e. The third-order valence-electron chi connectivity index (χ3n) is 6.14. The highest BCUT2D eigenvalue weighted by Gasteiger charge is 2.50. The summed E-state index contributed by atoms with van der Waals surface area (Å²) in [6.45, 7) is 7.13. The van der Waals surface area contributed by atoms with E-state index in [1.54, 1.807) is 21.8 Å². The molecule has 0 radical (unpaired) electrons. The number of likely N-dealkylation sites (tertiary alicyclic amines) is 1. The van der Waals surface area contributed by atoms with Crippen molar-refractivity contribution in [3.8, 4) is 0 Å². The summed E-state index contributed by atoms with van der Waals surface area (Å²) < 4.78 is 14.8. The van der Waals surface area contributed by atoms with Gasteiger partial charge in [-0.1, -0.05) is 13.8 Å². The average molecular weight is 429 g/mol. The highest BCUT2D eigenvalue weighted by Crippen LogP contribution is 2.35. The zero-order valence-corrected chi connectivity index (χ0v) is 18.3. The molecule has 9 heteroatoms. The van der Waals surface area contributed by atoms with Crippen LogP contribution in [0.25, 0.3) is 0 Å². The van der Waals surface area contributed by atoms with Crippen LogP contribution in [0.15, 0.2) is 30.7 Å². The van der Waals surface area contributed by atoms with Crippen LogP contribution in [0.1, 0.15) is 26.0 Å². The Morgan fingerprint density at radius 1 is 1.26 bits per heavy atom. The lowest BCUT2D eigenvalue weighted by Crippen LogP contribution is -2.66. The molecular weight excluding hydrogens is 399 g/mol. The minimum Gasteiger partial charge on any atom is -0.340 e. The molecule has 2 aromatic rings. The molecule has 0 aromatic carbocycles. The van der Waals surface area contributed by atoms with Gasteiger partial charge in [0, 0.05) is 45.1 Å². The van der Waals surface area contributed by atoms with Gasteiger partial charge in [-0.05, 0) is 24.5 Å². The molecule has 8 nitrogen and oxygen atoms in total. The maximum absolute atomic E-state index is 13.1. The number of nitrogens with zero attached hydrogens (tertiary/aromatic N) is 6. The van der Waals surface area contributed by atoms with Crippen molar-refractivity contribution in [2.45, 2.75) is 32.2 Å². The van der Waals surface area contributed by atoms with E-state index in [-0.39, 0.29) is 23.8 Å². The minimum atomic E-state index is -0.414. The van der Waals surface area contributed by atoms with Crippen molar-refractivity contribution >= 4 is 17.5 Å². The molecule has 0 N–H and O–H groups in total. The maximum atomic E-state index is 13.1. The Morgan fingerprint density at radius 2 is 2.06 bits per heavy atom. The fourth-order valence-electron chi connectivity index (χ4n) is 4.62. The molecule has 0 aliphatic carbocycles. The third-order valence-corrected chi connectivity index (χ3v) is 6.14. The predicted molar refractivity (Wildman–Crippen MR) is 114 cm³/mol. The molecule has 0 bridgehead atoms. The Kier molecular flexibility index (Phi) is 5.79. The van der Waals surface area contributed by atoms with E-state index in [1.807, 2.05) is 18.1 Å². The second-order valence-corrected chi connectivity index (χ2v) is 9.06. The van der Waals surface area contributed by atoms with Crippen molar-refractivity contribution in [1.82, 2.24) is 24.6 Å². The number of hydrogen-bond donors (Lipinski definition) is 0. The third kappa shape index (κ3) is 4.46. The molecule has 4 heterocycles. The first kappa shape index (κ1) is 21.4. The van der Waals surface area contributed by atoms with Crippen LogP contribution < -0.4 is 4.90 Å². The number of hydrogen-bond acceptors (Lipinski definition) is 5. The Balaban J connectivity index is 1.53. The average Bonchev–Trinajstić information content (AvgIpc) is 3.33. The van der Waals surface area contributed by atoms with Gasteiger partial charge in [-0.3, -0.25) is 24.2 Å². The van der Waals surface area contributed by atoms with Gasteiger partial charge in [0.05, 0.1) is 36.6 Å². The normalized spacial score (nSPS) is 22.2. The number of rotatable bonds is 5. The maximum Gasteiger partial charge on any atom is 0.241 e. The summed E-state index contributed by atoms with van der Waals surface area (Å²) in [6, 6.07) is 2.87. The molecule has 1 spiro atoms. The molecule has 2 amide bonds. The fraction of sp³-hybridized carbons (Fsp3) is 0.545.